The molecule has 0 spiro atoms. The van der Waals surface area contributed by atoms with E-state index in [4.69, 9.17) is 5.73 Å². The van der Waals surface area contributed by atoms with Crippen LogP contribution in [-0.4, -0.2) is 41.1 Å². The summed E-state index contributed by atoms with van der Waals surface area (Å²) in [6, 6.07) is 7.46. The van der Waals surface area contributed by atoms with Gasteiger partial charge in [0.2, 0.25) is 0 Å². The standard InChI is InChI=1S/C23H23F3N4O2S/c1-13-8-15-6-7-28-18(19(15)29-11-13)10-14-4-5-17(24)16(9-14)23(20(25)26)12-33(31,32)22(2,3)21(27)30-23/h4-9,11,20H,10,12H2,1-3H3,(H2,27,30). The number of fused-ring (bicyclic) bond motifs is 1. The summed E-state index contributed by atoms with van der Waals surface area (Å²) in [6.07, 6.45) is 0.191. The summed E-state index contributed by atoms with van der Waals surface area (Å²) in [5.74, 6) is -2.52. The highest BCUT2D eigenvalue weighted by molar-refractivity contribution is 7.93. The summed E-state index contributed by atoms with van der Waals surface area (Å²) in [6.45, 7) is 4.50. The highest BCUT2D eigenvalue weighted by Gasteiger charge is 2.56. The number of aliphatic imine (C=N–C) groups is 1. The SMILES string of the molecule is Cc1cnc2c(Cc3ccc(F)c(C4(C(F)F)CS(=O)(=O)C(C)(C)C(N)=N4)c3)nccc2c1. The molecule has 1 aliphatic heterocycles. The van der Waals surface area contributed by atoms with E-state index in [0.717, 1.165) is 17.0 Å². The molecule has 0 aliphatic carbocycles. The van der Waals surface area contributed by atoms with Crippen LogP contribution < -0.4 is 5.73 Å². The van der Waals surface area contributed by atoms with E-state index < -0.39 is 49.5 Å². The Kier molecular flexibility index (Phi) is 5.47. The van der Waals surface area contributed by atoms with Crippen molar-refractivity contribution in [1.29, 1.82) is 0 Å². The molecule has 0 saturated carbocycles. The minimum Gasteiger partial charge on any atom is -0.386 e. The minimum absolute atomic E-state index is 0.178. The third-order valence-corrected chi connectivity index (χ3v) is 8.75. The summed E-state index contributed by atoms with van der Waals surface area (Å²) in [4.78, 5) is 12.7. The van der Waals surface area contributed by atoms with Crippen LogP contribution in [0.25, 0.3) is 10.9 Å². The maximum Gasteiger partial charge on any atom is 0.268 e. The molecule has 33 heavy (non-hydrogen) atoms. The van der Waals surface area contributed by atoms with Crippen LogP contribution >= 0.6 is 0 Å². The number of hydrogen-bond acceptors (Lipinski definition) is 6. The number of alkyl halides is 2. The zero-order valence-corrected chi connectivity index (χ0v) is 19.1. The van der Waals surface area contributed by atoms with E-state index in [9.17, 15) is 21.6 Å². The fraction of sp³-hybridized carbons (Fsp3) is 0.348. The Morgan fingerprint density at radius 2 is 1.88 bits per heavy atom. The molecule has 3 aromatic rings. The van der Waals surface area contributed by atoms with Gasteiger partial charge < -0.3 is 5.73 Å². The Hall–Kier alpha value is -3.01. The Morgan fingerprint density at radius 1 is 1.15 bits per heavy atom. The van der Waals surface area contributed by atoms with Gasteiger partial charge in [-0.05, 0) is 56.2 Å². The normalized spacial score (nSPS) is 21.8. The summed E-state index contributed by atoms with van der Waals surface area (Å²) < 4.78 is 67.7. The number of amidine groups is 1. The van der Waals surface area contributed by atoms with Crippen LogP contribution in [-0.2, 0) is 21.8 Å². The molecule has 1 atom stereocenters. The van der Waals surface area contributed by atoms with Crippen molar-refractivity contribution in [2.24, 2.45) is 10.7 Å². The number of benzene rings is 1. The monoisotopic (exact) mass is 476 g/mol. The van der Waals surface area contributed by atoms with Gasteiger partial charge in [-0.25, -0.2) is 21.6 Å². The average Bonchev–Trinajstić information content (AvgIpc) is 2.73. The summed E-state index contributed by atoms with van der Waals surface area (Å²) in [5, 5.41) is 0.865. The van der Waals surface area contributed by atoms with Gasteiger partial charge in [0.05, 0.1) is 17.0 Å². The molecule has 0 radical (unpaired) electrons. The van der Waals surface area contributed by atoms with Gasteiger partial charge in [0.25, 0.3) is 6.43 Å². The predicted molar refractivity (Wildman–Crippen MR) is 121 cm³/mol. The van der Waals surface area contributed by atoms with Crippen molar-refractivity contribution in [2.45, 2.75) is 43.9 Å². The molecular weight excluding hydrogens is 453 g/mol. The van der Waals surface area contributed by atoms with Crippen molar-refractivity contribution in [3.05, 3.63) is 70.9 Å². The number of aryl methyl sites for hydroxylation is 1. The third-order valence-electron chi connectivity index (χ3n) is 6.17. The average molecular weight is 477 g/mol. The molecule has 174 valence electrons. The van der Waals surface area contributed by atoms with E-state index in [2.05, 4.69) is 15.0 Å². The van der Waals surface area contributed by atoms with Crippen molar-refractivity contribution in [3.63, 3.8) is 0 Å². The molecule has 6 nitrogen and oxygen atoms in total. The number of sulfone groups is 1. The van der Waals surface area contributed by atoms with Gasteiger partial charge in [0, 0.05) is 29.8 Å². The number of hydrogen-bond donors (Lipinski definition) is 1. The fourth-order valence-electron chi connectivity index (χ4n) is 3.94. The van der Waals surface area contributed by atoms with Crippen molar-refractivity contribution < 1.29 is 21.6 Å². The lowest BCUT2D eigenvalue weighted by atomic mass is 9.89. The highest BCUT2D eigenvalue weighted by Crippen LogP contribution is 2.42. The van der Waals surface area contributed by atoms with Crippen LogP contribution in [0, 0.1) is 12.7 Å². The molecule has 3 heterocycles. The maximum atomic E-state index is 14.9. The zero-order chi connectivity index (χ0) is 24.2. The van der Waals surface area contributed by atoms with Crippen LogP contribution in [0.15, 0.2) is 47.7 Å². The van der Waals surface area contributed by atoms with Gasteiger partial charge in [-0.15, -0.1) is 0 Å². The van der Waals surface area contributed by atoms with E-state index >= 15 is 0 Å². The van der Waals surface area contributed by atoms with Gasteiger partial charge in [0.15, 0.2) is 15.4 Å². The zero-order valence-electron chi connectivity index (χ0n) is 18.3. The van der Waals surface area contributed by atoms with Crippen molar-refractivity contribution in [2.75, 3.05) is 5.75 Å². The third kappa shape index (κ3) is 3.76. The largest absolute Gasteiger partial charge is 0.386 e. The highest BCUT2D eigenvalue weighted by atomic mass is 32.2. The van der Waals surface area contributed by atoms with Crippen LogP contribution in [0.5, 0.6) is 0 Å². The molecule has 4 rings (SSSR count). The number of nitrogens with two attached hydrogens (primary N) is 1. The molecule has 0 saturated heterocycles. The topological polar surface area (TPSA) is 98.3 Å². The lowest BCUT2D eigenvalue weighted by molar-refractivity contribution is 0.0622. The van der Waals surface area contributed by atoms with E-state index in [1.54, 1.807) is 12.4 Å². The Balaban J connectivity index is 1.85. The van der Waals surface area contributed by atoms with Crippen molar-refractivity contribution in [3.8, 4) is 0 Å². The Bertz CT molecular complexity index is 1390. The van der Waals surface area contributed by atoms with Gasteiger partial charge in [-0.3, -0.25) is 15.0 Å². The molecule has 1 aromatic carbocycles. The lowest BCUT2D eigenvalue weighted by Gasteiger charge is -2.39. The molecule has 0 fully saturated rings. The van der Waals surface area contributed by atoms with Crippen molar-refractivity contribution in [1.82, 2.24) is 9.97 Å². The first-order valence-corrected chi connectivity index (χ1v) is 11.9. The molecule has 0 bridgehead atoms. The number of aromatic nitrogens is 2. The number of halogens is 3. The van der Waals surface area contributed by atoms with Crippen LogP contribution in [0.2, 0.25) is 0 Å². The van der Waals surface area contributed by atoms with E-state index in [1.807, 2.05) is 19.1 Å². The summed E-state index contributed by atoms with van der Waals surface area (Å²) in [5.41, 5.74) is 5.33. The quantitative estimate of drug-likeness (QED) is 0.619. The van der Waals surface area contributed by atoms with Crippen LogP contribution in [0.4, 0.5) is 13.2 Å². The smallest absolute Gasteiger partial charge is 0.268 e. The molecule has 0 amide bonds. The van der Waals surface area contributed by atoms with Gasteiger partial charge in [-0.1, -0.05) is 6.07 Å². The minimum atomic E-state index is -4.16. The second-order valence-electron chi connectivity index (χ2n) is 8.82. The number of nitrogens with zero attached hydrogens (tertiary/aromatic N) is 3. The molecule has 1 unspecified atom stereocenters. The maximum absolute atomic E-state index is 14.9. The first kappa shape index (κ1) is 23.2. The molecule has 2 aromatic heterocycles. The number of pyridine rings is 2. The van der Waals surface area contributed by atoms with Gasteiger partial charge in [-0.2, -0.15) is 0 Å². The molecular formula is C23H23F3N4O2S. The predicted octanol–water partition coefficient (Wildman–Crippen LogP) is 3.69. The van der Waals surface area contributed by atoms with E-state index in [-0.39, 0.29) is 6.42 Å². The van der Waals surface area contributed by atoms with Gasteiger partial charge >= 0.3 is 0 Å². The van der Waals surface area contributed by atoms with Crippen LogP contribution in [0.1, 0.15) is 36.2 Å². The Labute approximate surface area is 189 Å². The van der Waals surface area contributed by atoms with E-state index in [0.29, 0.717) is 16.8 Å². The molecule has 2 N–H and O–H groups in total. The first-order chi connectivity index (χ1) is 15.4. The summed E-state index contributed by atoms with van der Waals surface area (Å²) >= 11 is 0. The Morgan fingerprint density at radius 3 is 2.55 bits per heavy atom. The first-order valence-electron chi connectivity index (χ1n) is 10.2. The van der Waals surface area contributed by atoms with Gasteiger partial charge in [0.1, 0.15) is 16.4 Å². The fourth-order valence-corrected chi connectivity index (χ4v) is 5.59. The number of rotatable bonds is 4. The molecule has 1 aliphatic rings. The van der Waals surface area contributed by atoms with E-state index in [1.165, 1.54) is 26.0 Å². The second kappa shape index (κ2) is 7.79. The molecule has 10 heteroatoms. The van der Waals surface area contributed by atoms with Crippen molar-refractivity contribution >= 4 is 26.6 Å². The second-order valence-corrected chi connectivity index (χ2v) is 11.4. The lowest BCUT2D eigenvalue weighted by Crippen LogP contribution is -2.57. The summed E-state index contributed by atoms with van der Waals surface area (Å²) in [7, 11) is -4.16. The van der Waals surface area contributed by atoms with Crippen LogP contribution in [0.3, 0.4) is 0 Å².